The van der Waals surface area contributed by atoms with E-state index in [1.54, 1.807) is 29.1 Å². The topological polar surface area (TPSA) is 75.1 Å². The molecule has 6 heteroatoms. The van der Waals surface area contributed by atoms with Crippen LogP contribution in [-0.2, 0) is 22.0 Å². The summed E-state index contributed by atoms with van der Waals surface area (Å²) < 4.78 is 27.2. The molecule has 126 valence electrons. The molecule has 5 nitrogen and oxygen atoms in total. The number of H-pyrrole nitrogens is 1. The Labute approximate surface area is 141 Å². The van der Waals surface area contributed by atoms with Gasteiger partial charge in [0.15, 0.2) is 15.2 Å². The average molecular weight is 344 g/mol. The van der Waals surface area contributed by atoms with E-state index in [0.29, 0.717) is 6.42 Å². The molecule has 2 N–H and O–H groups in total. The molecule has 0 bridgehead atoms. The first-order valence-corrected chi connectivity index (χ1v) is 9.43. The van der Waals surface area contributed by atoms with Gasteiger partial charge in [0.1, 0.15) is 0 Å². The Morgan fingerprint density at radius 2 is 2.04 bits per heavy atom. The normalized spacial score (nSPS) is 13.2. The number of benzene rings is 1. The number of aromatic nitrogens is 2. The molecule has 0 saturated heterocycles. The SMILES string of the molecule is C=CC(n1cccc1)S(=O)(=O)Cc1ccc2[nH]cc(CCO)c2c1. The highest BCUT2D eigenvalue weighted by molar-refractivity contribution is 7.90. The van der Waals surface area contributed by atoms with Gasteiger partial charge in [0.05, 0.1) is 5.75 Å². The predicted molar refractivity (Wildman–Crippen MR) is 95.4 cm³/mol. The van der Waals surface area contributed by atoms with E-state index in [1.807, 2.05) is 24.4 Å². The van der Waals surface area contributed by atoms with E-state index in [2.05, 4.69) is 11.6 Å². The van der Waals surface area contributed by atoms with Crippen LogP contribution >= 0.6 is 0 Å². The second kappa shape index (κ2) is 6.67. The maximum absolute atomic E-state index is 12.8. The lowest BCUT2D eigenvalue weighted by molar-refractivity contribution is 0.300. The first kappa shape index (κ1) is 16.5. The molecule has 0 saturated carbocycles. The van der Waals surface area contributed by atoms with Crippen LogP contribution in [0, 0.1) is 0 Å². The average Bonchev–Trinajstić information content (AvgIpc) is 3.18. The van der Waals surface area contributed by atoms with Gasteiger partial charge in [-0.3, -0.25) is 0 Å². The number of hydrogen-bond acceptors (Lipinski definition) is 3. The number of aromatic amines is 1. The molecule has 1 aromatic carbocycles. The molecule has 2 heterocycles. The molecular weight excluding hydrogens is 324 g/mol. The first-order valence-electron chi connectivity index (χ1n) is 7.71. The monoisotopic (exact) mass is 344 g/mol. The van der Waals surface area contributed by atoms with Gasteiger partial charge in [-0.2, -0.15) is 0 Å². The molecule has 2 aromatic heterocycles. The maximum atomic E-state index is 12.8. The Balaban J connectivity index is 1.93. The van der Waals surface area contributed by atoms with Gasteiger partial charge in [-0.05, 0) is 41.8 Å². The summed E-state index contributed by atoms with van der Waals surface area (Å²) in [6.45, 7) is 3.73. The minimum absolute atomic E-state index is 0.0572. The summed E-state index contributed by atoms with van der Waals surface area (Å²) in [7, 11) is -3.44. The largest absolute Gasteiger partial charge is 0.396 e. The number of nitrogens with one attached hydrogen (secondary N) is 1. The van der Waals surface area contributed by atoms with Crippen molar-refractivity contribution in [2.75, 3.05) is 6.61 Å². The minimum Gasteiger partial charge on any atom is -0.396 e. The molecule has 0 fully saturated rings. The Bertz CT molecular complexity index is 940. The van der Waals surface area contributed by atoms with E-state index in [1.165, 1.54) is 6.08 Å². The third-order valence-electron chi connectivity index (χ3n) is 4.07. The summed E-state index contributed by atoms with van der Waals surface area (Å²) in [6, 6.07) is 9.15. The summed E-state index contributed by atoms with van der Waals surface area (Å²) in [5.41, 5.74) is 2.64. The smallest absolute Gasteiger partial charge is 0.179 e. The highest BCUT2D eigenvalue weighted by Crippen LogP contribution is 2.25. The Morgan fingerprint density at radius 1 is 1.29 bits per heavy atom. The Hall–Kier alpha value is -2.31. The van der Waals surface area contributed by atoms with E-state index in [4.69, 9.17) is 5.11 Å². The van der Waals surface area contributed by atoms with Gasteiger partial charge in [0.25, 0.3) is 0 Å². The fourth-order valence-corrected chi connectivity index (χ4v) is 4.55. The highest BCUT2D eigenvalue weighted by Gasteiger charge is 2.24. The number of aliphatic hydroxyl groups is 1. The zero-order valence-electron chi connectivity index (χ0n) is 13.2. The van der Waals surface area contributed by atoms with Crippen molar-refractivity contribution in [2.24, 2.45) is 0 Å². The maximum Gasteiger partial charge on any atom is 0.179 e. The molecule has 1 atom stereocenters. The third-order valence-corrected chi connectivity index (χ3v) is 5.98. The molecule has 3 aromatic rings. The van der Waals surface area contributed by atoms with E-state index in [9.17, 15) is 8.42 Å². The van der Waals surface area contributed by atoms with Crippen LogP contribution in [0.1, 0.15) is 16.5 Å². The van der Waals surface area contributed by atoms with Crippen LogP contribution in [0.3, 0.4) is 0 Å². The Kier molecular flexibility index (Phi) is 4.59. The van der Waals surface area contributed by atoms with E-state index < -0.39 is 15.2 Å². The van der Waals surface area contributed by atoms with Crippen molar-refractivity contribution in [1.82, 2.24) is 9.55 Å². The number of nitrogens with zero attached hydrogens (tertiary/aromatic N) is 1. The van der Waals surface area contributed by atoms with Crippen LogP contribution in [0.25, 0.3) is 10.9 Å². The number of hydrogen-bond donors (Lipinski definition) is 2. The molecular formula is C18H20N2O3S. The summed E-state index contributed by atoms with van der Waals surface area (Å²) in [5, 5.41) is 9.31. The van der Waals surface area contributed by atoms with Crippen molar-refractivity contribution in [2.45, 2.75) is 17.5 Å². The number of rotatable bonds is 7. The Morgan fingerprint density at radius 3 is 2.71 bits per heavy atom. The number of aliphatic hydroxyl groups excluding tert-OH is 1. The van der Waals surface area contributed by atoms with Crippen LogP contribution in [0.5, 0.6) is 0 Å². The number of fused-ring (bicyclic) bond motifs is 1. The van der Waals surface area contributed by atoms with Gasteiger partial charge in [-0.25, -0.2) is 8.42 Å². The molecule has 3 rings (SSSR count). The molecule has 0 aliphatic carbocycles. The first-order chi connectivity index (χ1) is 11.5. The van der Waals surface area contributed by atoms with Crippen LogP contribution < -0.4 is 0 Å². The molecule has 0 aliphatic rings. The van der Waals surface area contributed by atoms with Gasteiger partial charge in [-0.15, -0.1) is 0 Å². The quantitative estimate of drug-likeness (QED) is 0.647. The summed E-state index contributed by atoms with van der Waals surface area (Å²) >= 11 is 0. The standard InChI is InChI=1S/C18H20N2O3S/c1-2-18(20-8-3-4-9-20)24(22,23)13-14-5-6-17-16(11-14)15(7-10-21)12-19-17/h2-6,8-9,11-12,18-19,21H,1,7,10,13H2. The molecule has 0 aliphatic heterocycles. The fraction of sp³-hybridized carbons (Fsp3) is 0.222. The highest BCUT2D eigenvalue weighted by atomic mass is 32.2. The third kappa shape index (κ3) is 3.16. The lowest BCUT2D eigenvalue weighted by Crippen LogP contribution is -2.18. The van der Waals surface area contributed by atoms with Gasteiger partial charge in [0.2, 0.25) is 0 Å². The van der Waals surface area contributed by atoms with Crippen LogP contribution in [0.15, 0.2) is 61.6 Å². The molecule has 1 unspecified atom stereocenters. The lowest BCUT2D eigenvalue weighted by atomic mass is 10.1. The fourth-order valence-electron chi connectivity index (χ4n) is 2.93. The zero-order valence-corrected chi connectivity index (χ0v) is 14.0. The summed E-state index contributed by atoms with van der Waals surface area (Å²) in [4.78, 5) is 3.14. The van der Waals surface area contributed by atoms with E-state index >= 15 is 0 Å². The molecule has 0 amide bonds. The van der Waals surface area contributed by atoms with Crippen molar-refractivity contribution in [1.29, 1.82) is 0 Å². The van der Waals surface area contributed by atoms with Crippen molar-refractivity contribution < 1.29 is 13.5 Å². The number of sulfone groups is 1. The zero-order chi connectivity index (χ0) is 17.2. The van der Waals surface area contributed by atoms with Crippen LogP contribution in [-0.4, -0.2) is 29.7 Å². The van der Waals surface area contributed by atoms with Crippen LogP contribution in [0.2, 0.25) is 0 Å². The minimum atomic E-state index is -3.44. The van der Waals surface area contributed by atoms with Crippen molar-refractivity contribution >= 4 is 20.7 Å². The second-order valence-corrected chi connectivity index (χ2v) is 7.83. The van der Waals surface area contributed by atoms with E-state index in [-0.39, 0.29) is 12.4 Å². The van der Waals surface area contributed by atoms with Gasteiger partial charge in [0, 0.05) is 36.1 Å². The van der Waals surface area contributed by atoms with Crippen molar-refractivity contribution in [3.8, 4) is 0 Å². The molecule has 24 heavy (non-hydrogen) atoms. The van der Waals surface area contributed by atoms with Gasteiger partial charge < -0.3 is 14.7 Å². The van der Waals surface area contributed by atoms with Crippen molar-refractivity contribution in [3.63, 3.8) is 0 Å². The molecule has 0 spiro atoms. The summed E-state index contributed by atoms with van der Waals surface area (Å²) in [5.74, 6) is -0.0679. The predicted octanol–water partition coefficient (Wildman–Crippen LogP) is 2.80. The van der Waals surface area contributed by atoms with Crippen LogP contribution in [0.4, 0.5) is 0 Å². The lowest BCUT2D eigenvalue weighted by Gasteiger charge is -2.16. The van der Waals surface area contributed by atoms with Crippen molar-refractivity contribution in [3.05, 3.63) is 72.7 Å². The van der Waals surface area contributed by atoms with Gasteiger partial charge >= 0.3 is 0 Å². The second-order valence-electron chi connectivity index (χ2n) is 5.73. The van der Waals surface area contributed by atoms with E-state index in [0.717, 1.165) is 22.0 Å². The molecule has 0 radical (unpaired) electrons. The van der Waals surface area contributed by atoms with Gasteiger partial charge in [-0.1, -0.05) is 18.7 Å². The summed E-state index contributed by atoms with van der Waals surface area (Å²) in [6.07, 6.45) is 7.28.